The van der Waals surface area contributed by atoms with E-state index in [0.29, 0.717) is 17.9 Å². The number of allylic oxidation sites excluding steroid dienone is 1. The van der Waals surface area contributed by atoms with Crippen LogP contribution in [0.1, 0.15) is 13.8 Å². The fraction of sp³-hybridized carbons (Fsp3) is 0.190. The molecule has 2 aromatic carbocycles. The molecular formula is C21H20O6. The number of phenols is 2. The van der Waals surface area contributed by atoms with E-state index >= 15 is 0 Å². The van der Waals surface area contributed by atoms with Crippen LogP contribution in [0.15, 0.2) is 57.3 Å². The van der Waals surface area contributed by atoms with Gasteiger partial charge in [0.25, 0.3) is 0 Å². The third kappa shape index (κ3) is 3.74. The Kier molecular flexibility index (Phi) is 5.07. The standard InChI is InChI=1S/C21H20O6/c1-12(2)8-9-26-15-6-4-13(5-7-15)20-21(25-3)19(24)18-16(23)10-14(22)11-17(18)27-20/h4-8,10-11,22-23H,9H2,1-3H3. The van der Waals surface area contributed by atoms with E-state index in [-0.39, 0.29) is 34.0 Å². The molecule has 3 rings (SSSR count). The van der Waals surface area contributed by atoms with Crippen molar-refractivity contribution in [3.05, 3.63) is 58.3 Å². The minimum Gasteiger partial charge on any atom is -0.508 e. The molecule has 1 heterocycles. The highest BCUT2D eigenvalue weighted by Gasteiger charge is 2.20. The highest BCUT2D eigenvalue weighted by molar-refractivity contribution is 5.88. The SMILES string of the molecule is COc1c(-c2ccc(OCC=C(C)C)cc2)oc2cc(O)cc(O)c2c1=O. The van der Waals surface area contributed by atoms with E-state index in [1.807, 2.05) is 19.9 Å². The van der Waals surface area contributed by atoms with Crippen LogP contribution in [0.4, 0.5) is 0 Å². The Labute approximate surface area is 155 Å². The van der Waals surface area contributed by atoms with E-state index in [1.54, 1.807) is 24.3 Å². The van der Waals surface area contributed by atoms with Crippen LogP contribution in [0.25, 0.3) is 22.3 Å². The summed E-state index contributed by atoms with van der Waals surface area (Å²) in [5.41, 5.74) is 1.32. The zero-order valence-corrected chi connectivity index (χ0v) is 15.3. The molecule has 3 aromatic rings. The molecule has 0 aliphatic carbocycles. The predicted molar refractivity (Wildman–Crippen MR) is 103 cm³/mol. The summed E-state index contributed by atoms with van der Waals surface area (Å²) >= 11 is 0. The van der Waals surface area contributed by atoms with Crippen LogP contribution < -0.4 is 14.9 Å². The van der Waals surface area contributed by atoms with Crippen molar-refractivity contribution in [2.24, 2.45) is 0 Å². The van der Waals surface area contributed by atoms with Crippen LogP contribution in [0, 0.1) is 0 Å². The van der Waals surface area contributed by atoms with E-state index in [0.717, 1.165) is 6.07 Å². The highest BCUT2D eigenvalue weighted by Crippen LogP contribution is 2.35. The van der Waals surface area contributed by atoms with Crippen molar-refractivity contribution in [2.75, 3.05) is 13.7 Å². The number of rotatable bonds is 5. The lowest BCUT2D eigenvalue weighted by Gasteiger charge is -2.11. The second-order valence-electron chi connectivity index (χ2n) is 6.25. The van der Waals surface area contributed by atoms with Gasteiger partial charge in [-0.2, -0.15) is 0 Å². The Bertz CT molecular complexity index is 1060. The lowest BCUT2D eigenvalue weighted by atomic mass is 10.1. The van der Waals surface area contributed by atoms with Gasteiger partial charge in [0.1, 0.15) is 34.8 Å². The molecule has 1 aromatic heterocycles. The Hall–Kier alpha value is -3.41. The summed E-state index contributed by atoms with van der Waals surface area (Å²) in [4.78, 5) is 12.7. The largest absolute Gasteiger partial charge is 0.508 e. The number of ether oxygens (including phenoxy) is 2. The molecule has 0 amide bonds. The topological polar surface area (TPSA) is 89.1 Å². The maximum atomic E-state index is 12.7. The van der Waals surface area contributed by atoms with Gasteiger partial charge in [-0.25, -0.2) is 0 Å². The fourth-order valence-electron chi connectivity index (χ4n) is 2.65. The molecule has 0 aliphatic rings. The summed E-state index contributed by atoms with van der Waals surface area (Å²) < 4.78 is 16.6. The quantitative estimate of drug-likeness (QED) is 0.655. The highest BCUT2D eigenvalue weighted by atomic mass is 16.5. The van der Waals surface area contributed by atoms with Crippen LogP contribution in [-0.4, -0.2) is 23.9 Å². The molecule has 6 heteroatoms. The van der Waals surface area contributed by atoms with Crippen LogP contribution >= 0.6 is 0 Å². The first-order valence-electron chi connectivity index (χ1n) is 8.34. The Morgan fingerprint density at radius 2 is 1.85 bits per heavy atom. The van der Waals surface area contributed by atoms with Gasteiger partial charge in [-0.15, -0.1) is 0 Å². The molecule has 0 unspecified atom stereocenters. The van der Waals surface area contributed by atoms with E-state index in [4.69, 9.17) is 13.9 Å². The van der Waals surface area contributed by atoms with Gasteiger partial charge in [0.15, 0.2) is 5.76 Å². The van der Waals surface area contributed by atoms with E-state index < -0.39 is 5.43 Å². The molecule has 0 spiro atoms. The van der Waals surface area contributed by atoms with Crippen molar-refractivity contribution in [2.45, 2.75) is 13.8 Å². The molecule has 0 saturated heterocycles. The first kappa shape index (κ1) is 18.4. The molecule has 2 N–H and O–H groups in total. The Balaban J connectivity index is 2.06. The van der Waals surface area contributed by atoms with Crippen molar-refractivity contribution in [3.63, 3.8) is 0 Å². The van der Waals surface area contributed by atoms with Gasteiger partial charge in [-0.1, -0.05) is 5.57 Å². The molecule has 0 fully saturated rings. The lowest BCUT2D eigenvalue weighted by molar-refractivity contribution is 0.362. The molecule has 0 atom stereocenters. The summed E-state index contributed by atoms with van der Waals surface area (Å²) in [6.45, 7) is 4.46. The van der Waals surface area contributed by atoms with Crippen molar-refractivity contribution >= 4 is 11.0 Å². The molecule has 0 aliphatic heterocycles. The summed E-state index contributed by atoms with van der Waals surface area (Å²) in [5, 5.41) is 19.6. The molecule has 0 radical (unpaired) electrons. The number of hydrogen-bond donors (Lipinski definition) is 2. The number of fused-ring (bicyclic) bond motifs is 1. The van der Waals surface area contributed by atoms with Gasteiger partial charge in [0.05, 0.1) is 7.11 Å². The van der Waals surface area contributed by atoms with Crippen LogP contribution in [0.2, 0.25) is 0 Å². The van der Waals surface area contributed by atoms with E-state index in [1.165, 1.54) is 18.7 Å². The molecule has 140 valence electrons. The predicted octanol–water partition coefficient (Wildman–Crippen LogP) is 4.22. The number of aromatic hydroxyl groups is 2. The third-order valence-electron chi connectivity index (χ3n) is 3.98. The lowest BCUT2D eigenvalue weighted by Crippen LogP contribution is -2.07. The summed E-state index contributed by atoms with van der Waals surface area (Å²) in [6.07, 6.45) is 1.97. The van der Waals surface area contributed by atoms with Gasteiger partial charge in [-0.3, -0.25) is 4.79 Å². The Morgan fingerprint density at radius 3 is 2.48 bits per heavy atom. The summed E-state index contributed by atoms with van der Waals surface area (Å²) in [5.74, 6) is 0.278. The van der Waals surface area contributed by atoms with Gasteiger partial charge in [-0.05, 0) is 44.2 Å². The van der Waals surface area contributed by atoms with E-state index in [9.17, 15) is 15.0 Å². The van der Waals surface area contributed by atoms with Crippen molar-refractivity contribution in [1.29, 1.82) is 0 Å². The normalized spacial score (nSPS) is 10.6. The molecular weight excluding hydrogens is 348 g/mol. The van der Waals surface area contributed by atoms with Gasteiger partial charge in [0.2, 0.25) is 11.2 Å². The van der Waals surface area contributed by atoms with Crippen molar-refractivity contribution < 1.29 is 24.1 Å². The van der Waals surface area contributed by atoms with Crippen molar-refractivity contribution in [3.8, 4) is 34.3 Å². The number of methoxy groups -OCH3 is 1. The van der Waals surface area contributed by atoms with Gasteiger partial charge < -0.3 is 24.1 Å². The molecule has 6 nitrogen and oxygen atoms in total. The van der Waals surface area contributed by atoms with Crippen molar-refractivity contribution in [1.82, 2.24) is 0 Å². The first-order valence-corrected chi connectivity index (χ1v) is 8.34. The number of phenolic OH excluding ortho intramolecular Hbond substituents is 2. The average Bonchev–Trinajstić information content (AvgIpc) is 2.61. The third-order valence-corrected chi connectivity index (χ3v) is 3.98. The zero-order valence-electron chi connectivity index (χ0n) is 15.3. The molecule has 0 bridgehead atoms. The zero-order chi connectivity index (χ0) is 19.6. The first-order chi connectivity index (χ1) is 12.9. The monoisotopic (exact) mass is 368 g/mol. The molecule has 27 heavy (non-hydrogen) atoms. The summed E-state index contributed by atoms with van der Waals surface area (Å²) in [7, 11) is 1.36. The van der Waals surface area contributed by atoms with Gasteiger partial charge >= 0.3 is 0 Å². The Morgan fingerprint density at radius 1 is 1.15 bits per heavy atom. The van der Waals surface area contributed by atoms with E-state index in [2.05, 4.69) is 0 Å². The maximum absolute atomic E-state index is 12.7. The summed E-state index contributed by atoms with van der Waals surface area (Å²) in [6, 6.07) is 9.36. The minimum atomic E-state index is -0.518. The second kappa shape index (κ2) is 7.45. The minimum absolute atomic E-state index is 0.0262. The number of hydrogen-bond acceptors (Lipinski definition) is 6. The smallest absolute Gasteiger partial charge is 0.239 e. The van der Waals surface area contributed by atoms with Crippen LogP contribution in [0.5, 0.6) is 23.0 Å². The maximum Gasteiger partial charge on any atom is 0.239 e. The molecule has 0 saturated carbocycles. The fourth-order valence-corrected chi connectivity index (χ4v) is 2.65. The second-order valence-corrected chi connectivity index (χ2v) is 6.25. The van der Waals surface area contributed by atoms with Crippen LogP contribution in [-0.2, 0) is 0 Å². The van der Waals surface area contributed by atoms with Crippen LogP contribution in [0.3, 0.4) is 0 Å². The van der Waals surface area contributed by atoms with Gasteiger partial charge in [0, 0.05) is 17.7 Å². The number of benzene rings is 2. The average molecular weight is 368 g/mol.